The van der Waals surface area contributed by atoms with Gasteiger partial charge in [-0.05, 0) is 24.7 Å². The van der Waals surface area contributed by atoms with Crippen molar-refractivity contribution < 1.29 is 34.0 Å². The number of hydrogen-bond acceptors (Lipinski definition) is 9. The maximum absolute atomic E-state index is 11.0. The molecule has 2 aromatic rings. The number of hydrogen-bond donors (Lipinski definition) is 4. The van der Waals surface area contributed by atoms with Crippen LogP contribution in [0.5, 0.6) is 0 Å². The number of nitrogens with zero attached hydrogens (tertiary/aromatic N) is 5. The van der Waals surface area contributed by atoms with Gasteiger partial charge in [0.15, 0.2) is 17.0 Å². The molecule has 4 N–H and O–H groups in total. The number of ether oxygens (including phenoxy) is 2. The van der Waals surface area contributed by atoms with Crippen molar-refractivity contribution in [2.24, 2.45) is 11.8 Å². The fourth-order valence-corrected chi connectivity index (χ4v) is 5.96. The highest BCUT2D eigenvalue weighted by atomic mass is 35.5. The molecule has 184 valence electrons. The van der Waals surface area contributed by atoms with Gasteiger partial charge >= 0.3 is 7.60 Å². The topological polar surface area (TPSA) is 174 Å². The van der Waals surface area contributed by atoms with Crippen molar-refractivity contribution in [2.45, 2.75) is 43.8 Å². The van der Waals surface area contributed by atoms with E-state index < -0.39 is 38.5 Å². The Bertz CT molecular complexity index is 1170. The van der Waals surface area contributed by atoms with Gasteiger partial charge in [0, 0.05) is 13.1 Å². The number of nitriles is 1. The zero-order valence-electron chi connectivity index (χ0n) is 18.1. The Balaban J connectivity index is 1.45. The van der Waals surface area contributed by atoms with Gasteiger partial charge in [0.2, 0.25) is 0 Å². The maximum atomic E-state index is 11.0. The van der Waals surface area contributed by atoms with E-state index in [2.05, 4.69) is 21.1 Å². The van der Waals surface area contributed by atoms with Crippen LogP contribution in [0, 0.1) is 23.2 Å². The van der Waals surface area contributed by atoms with Crippen molar-refractivity contribution in [2.75, 3.05) is 30.9 Å². The molecule has 0 spiro atoms. The number of aliphatic hydroxyl groups excluding tert-OH is 2. The van der Waals surface area contributed by atoms with Gasteiger partial charge in [-0.1, -0.05) is 18.0 Å². The van der Waals surface area contributed by atoms with Crippen LogP contribution in [-0.4, -0.2) is 79.1 Å². The van der Waals surface area contributed by atoms with Crippen LogP contribution in [0.2, 0.25) is 5.15 Å². The predicted octanol–water partition coefficient (Wildman–Crippen LogP) is 0.964. The van der Waals surface area contributed by atoms with Crippen LogP contribution in [0.15, 0.2) is 6.20 Å². The first-order valence-corrected chi connectivity index (χ1v) is 13.2. The van der Waals surface area contributed by atoms with E-state index in [0.717, 1.165) is 25.9 Å². The van der Waals surface area contributed by atoms with Gasteiger partial charge < -0.3 is 34.4 Å². The van der Waals surface area contributed by atoms with E-state index in [1.54, 1.807) is 6.20 Å². The quantitative estimate of drug-likeness (QED) is 0.320. The average molecular weight is 514 g/mol. The number of pyridine rings is 1. The molecule has 4 heterocycles. The second kappa shape index (κ2) is 9.00. The summed E-state index contributed by atoms with van der Waals surface area (Å²) in [4.78, 5) is 24.4. The SMILES string of the molecule is N#Cc1c(Cl)nc2c(cnn2[C@@H]2O[C@H](COCP(=O)(O)O)[C@@H](O)[C@H]2O)c1N1CC2CCCC2C1. The van der Waals surface area contributed by atoms with Crippen molar-refractivity contribution >= 4 is 35.9 Å². The summed E-state index contributed by atoms with van der Waals surface area (Å²) in [7, 11) is -4.39. The van der Waals surface area contributed by atoms with Gasteiger partial charge in [0.1, 0.15) is 36.3 Å². The number of anilines is 1. The van der Waals surface area contributed by atoms with Crippen molar-refractivity contribution in [1.29, 1.82) is 5.26 Å². The lowest BCUT2D eigenvalue weighted by molar-refractivity contribution is -0.0658. The summed E-state index contributed by atoms with van der Waals surface area (Å²) in [5.74, 6) is 1.15. The molecule has 0 amide bonds. The van der Waals surface area contributed by atoms with Crippen LogP contribution < -0.4 is 4.90 Å². The summed E-state index contributed by atoms with van der Waals surface area (Å²) in [6.07, 6.45) is -0.716. The van der Waals surface area contributed by atoms with E-state index in [4.69, 9.17) is 30.9 Å². The fourth-order valence-electron chi connectivity index (χ4n) is 5.40. The van der Waals surface area contributed by atoms with Crippen LogP contribution in [-0.2, 0) is 14.0 Å². The van der Waals surface area contributed by atoms with Crippen molar-refractivity contribution in [3.05, 3.63) is 16.9 Å². The Kier molecular flexibility index (Phi) is 6.33. The molecule has 12 nitrogen and oxygen atoms in total. The first-order valence-electron chi connectivity index (χ1n) is 11.0. The summed E-state index contributed by atoms with van der Waals surface area (Å²) >= 11 is 6.40. The van der Waals surface area contributed by atoms with Crippen LogP contribution in [0.4, 0.5) is 5.69 Å². The number of aliphatic hydroxyl groups is 2. The Morgan fingerprint density at radius 3 is 2.62 bits per heavy atom. The predicted molar refractivity (Wildman–Crippen MR) is 119 cm³/mol. The Labute approximate surface area is 199 Å². The van der Waals surface area contributed by atoms with E-state index in [9.17, 15) is 20.0 Å². The lowest BCUT2D eigenvalue weighted by Gasteiger charge is -2.22. The van der Waals surface area contributed by atoms with E-state index in [0.29, 0.717) is 28.6 Å². The van der Waals surface area contributed by atoms with E-state index in [1.165, 1.54) is 11.1 Å². The molecule has 34 heavy (non-hydrogen) atoms. The molecule has 6 atom stereocenters. The van der Waals surface area contributed by atoms with Gasteiger partial charge in [-0.15, -0.1) is 0 Å². The van der Waals surface area contributed by atoms with Gasteiger partial charge in [-0.25, -0.2) is 9.67 Å². The molecule has 2 unspecified atom stereocenters. The number of aromatic nitrogens is 3. The summed E-state index contributed by atoms with van der Waals surface area (Å²) in [6, 6.07) is 2.16. The van der Waals surface area contributed by atoms with E-state index in [-0.39, 0.29) is 17.3 Å². The number of fused-ring (bicyclic) bond motifs is 2. The van der Waals surface area contributed by atoms with Crippen LogP contribution in [0.1, 0.15) is 31.1 Å². The molecular weight excluding hydrogens is 489 g/mol. The summed E-state index contributed by atoms with van der Waals surface area (Å²) in [5, 5.41) is 35.7. The average Bonchev–Trinajstić information content (AvgIpc) is 3.52. The number of rotatable bonds is 6. The van der Waals surface area contributed by atoms with Gasteiger partial charge in [0.05, 0.1) is 23.9 Å². The summed E-state index contributed by atoms with van der Waals surface area (Å²) < 4.78 is 23.0. The van der Waals surface area contributed by atoms with Crippen molar-refractivity contribution in [1.82, 2.24) is 14.8 Å². The third kappa shape index (κ3) is 4.21. The van der Waals surface area contributed by atoms with Crippen molar-refractivity contribution in [3.8, 4) is 6.07 Å². The largest absolute Gasteiger partial charge is 0.387 e. The fraction of sp³-hybridized carbons (Fsp3) is 0.650. The summed E-state index contributed by atoms with van der Waals surface area (Å²) in [5.41, 5.74) is 1.22. The lowest BCUT2D eigenvalue weighted by atomic mass is 10.0. The first-order chi connectivity index (χ1) is 16.2. The minimum absolute atomic E-state index is 0.0124. The second-order valence-corrected chi connectivity index (χ2v) is 11.1. The smallest absolute Gasteiger partial charge is 0.350 e. The zero-order chi connectivity index (χ0) is 24.2. The zero-order valence-corrected chi connectivity index (χ0v) is 19.7. The van der Waals surface area contributed by atoms with E-state index in [1.807, 2.05) is 0 Å². The van der Waals surface area contributed by atoms with Gasteiger partial charge in [-0.2, -0.15) is 10.4 Å². The van der Waals surface area contributed by atoms with Crippen LogP contribution >= 0.6 is 19.2 Å². The van der Waals surface area contributed by atoms with Crippen LogP contribution in [0.3, 0.4) is 0 Å². The Morgan fingerprint density at radius 1 is 1.26 bits per heavy atom. The molecule has 3 aliphatic rings. The molecule has 2 aliphatic heterocycles. The summed E-state index contributed by atoms with van der Waals surface area (Å²) in [6.45, 7) is 1.30. The normalized spacial score (nSPS) is 31.4. The molecule has 2 saturated heterocycles. The molecule has 0 bridgehead atoms. The Hall–Kier alpha value is -1.81. The third-order valence-electron chi connectivity index (χ3n) is 6.95. The third-order valence-corrected chi connectivity index (χ3v) is 7.74. The lowest BCUT2D eigenvalue weighted by Crippen LogP contribution is -2.34. The number of halogens is 1. The molecule has 2 aromatic heterocycles. The minimum Gasteiger partial charge on any atom is -0.387 e. The molecule has 0 aromatic carbocycles. The van der Waals surface area contributed by atoms with Gasteiger partial charge in [0.25, 0.3) is 0 Å². The maximum Gasteiger partial charge on any atom is 0.350 e. The monoisotopic (exact) mass is 513 g/mol. The molecule has 5 rings (SSSR count). The molecule has 3 fully saturated rings. The second-order valence-electron chi connectivity index (χ2n) is 9.13. The first kappa shape index (κ1) is 23.9. The molecule has 0 radical (unpaired) electrons. The minimum atomic E-state index is -4.39. The van der Waals surface area contributed by atoms with E-state index >= 15 is 0 Å². The van der Waals surface area contributed by atoms with Crippen molar-refractivity contribution in [3.63, 3.8) is 0 Å². The standard InChI is InChI=1S/C20H25ClN5O7P/c21-18-12(4-22)15(25-6-10-2-1-3-11(10)7-25)13-5-23-26(19(13)24-18)20-17(28)16(27)14(33-20)8-32-9-34(29,30)31/h5,10-11,14,16-17,20,27-28H,1-3,6-9H2,(H2,29,30,31)/t10?,11?,14-,16-,17-,20-/m1/s1. The van der Waals surface area contributed by atoms with Gasteiger partial charge in [-0.3, -0.25) is 4.57 Å². The highest BCUT2D eigenvalue weighted by molar-refractivity contribution is 7.51. The van der Waals surface area contributed by atoms with Crippen LogP contribution in [0.25, 0.3) is 11.0 Å². The molecule has 14 heteroatoms. The highest BCUT2D eigenvalue weighted by Crippen LogP contribution is 2.44. The highest BCUT2D eigenvalue weighted by Gasteiger charge is 2.45. The molecular formula is C20H25ClN5O7P. The molecule has 1 saturated carbocycles. The Morgan fingerprint density at radius 2 is 1.97 bits per heavy atom. The molecule has 1 aliphatic carbocycles.